The number of benzene rings is 2. The lowest BCUT2D eigenvalue weighted by molar-refractivity contribution is -0.139. The van der Waals surface area contributed by atoms with Crippen LogP contribution in [-0.2, 0) is 9.59 Å². The molecule has 142 valence electrons. The Morgan fingerprint density at radius 2 is 1.81 bits per heavy atom. The second-order valence-corrected chi connectivity index (χ2v) is 6.07. The van der Waals surface area contributed by atoms with Crippen LogP contribution < -0.4 is 14.9 Å². The number of rotatable bonds is 8. The molecule has 2 aromatic rings. The number of amides is 1. The van der Waals surface area contributed by atoms with Crippen molar-refractivity contribution in [2.45, 2.75) is 13.8 Å². The van der Waals surface area contributed by atoms with Crippen molar-refractivity contribution in [1.29, 1.82) is 0 Å². The number of nitrogens with one attached hydrogen (secondary N) is 1. The van der Waals surface area contributed by atoms with Gasteiger partial charge in [0, 0.05) is 5.02 Å². The maximum Gasteiger partial charge on any atom is 0.341 e. The van der Waals surface area contributed by atoms with E-state index in [2.05, 4.69) is 10.5 Å². The minimum atomic E-state index is -1.05. The molecule has 0 radical (unpaired) electrons. The van der Waals surface area contributed by atoms with Crippen LogP contribution in [0, 0.1) is 6.92 Å². The Kier molecular flexibility index (Phi) is 7.19. The van der Waals surface area contributed by atoms with Gasteiger partial charge in [-0.3, -0.25) is 4.79 Å². The summed E-state index contributed by atoms with van der Waals surface area (Å²) in [5, 5.41) is 13.2. The van der Waals surface area contributed by atoms with E-state index in [1.54, 1.807) is 49.4 Å². The summed E-state index contributed by atoms with van der Waals surface area (Å²) in [5.74, 6) is -0.433. The summed E-state index contributed by atoms with van der Waals surface area (Å²) in [6.07, 6.45) is 0. The van der Waals surface area contributed by atoms with Crippen molar-refractivity contribution in [3.8, 4) is 11.5 Å². The van der Waals surface area contributed by atoms with Gasteiger partial charge < -0.3 is 14.6 Å². The molecule has 2 aromatic carbocycles. The molecule has 0 aliphatic heterocycles. The van der Waals surface area contributed by atoms with Crippen molar-refractivity contribution in [2.75, 3.05) is 13.2 Å². The number of carboxylic acids is 1. The Hall–Kier alpha value is -3.06. The Balaban J connectivity index is 1.86. The zero-order chi connectivity index (χ0) is 19.8. The van der Waals surface area contributed by atoms with Gasteiger partial charge in [0.1, 0.15) is 11.5 Å². The highest BCUT2D eigenvalue weighted by Gasteiger charge is 2.06. The van der Waals surface area contributed by atoms with E-state index in [9.17, 15) is 9.59 Å². The monoisotopic (exact) mass is 390 g/mol. The number of halogens is 1. The van der Waals surface area contributed by atoms with Crippen molar-refractivity contribution in [3.63, 3.8) is 0 Å². The van der Waals surface area contributed by atoms with Gasteiger partial charge in [-0.2, -0.15) is 5.10 Å². The summed E-state index contributed by atoms with van der Waals surface area (Å²) >= 11 is 5.88. The predicted molar refractivity (Wildman–Crippen MR) is 102 cm³/mol. The Bertz CT molecular complexity index is 850. The number of aliphatic carboxylic acids is 1. The quantitative estimate of drug-likeness (QED) is 0.533. The Morgan fingerprint density at radius 3 is 2.44 bits per heavy atom. The third-order valence-corrected chi connectivity index (χ3v) is 3.71. The maximum absolute atomic E-state index is 11.9. The van der Waals surface area contributed by atoms with E-state index >= 15 is 0 Å². The van der Waals surface area contributed by atoms with Gasteiger partial charge in [0.25, 0.3) is 5.91 Å². The molecular formula is C19H19ClN2O5. The lowest BCUT2D eigenvalue weighted by atomic mass is 10.1. The predicted octanol–water partition coefficient (Wildman–Crippen LogP) is 3.03. The Morgan fingerprint density at radius 1 is 1.11 bits per heavy atom. The van der Waals surface area contributed by atoms with Gasteiger partial charge >= 0.3 is 5.97 Å². The fraction of sp³-hybridized carbons (Fsp3) is 0.211. The summed E-state index contributed by atoms with van der Waals surface area (Å²) in [6, 6.07) is 11.8. The van der Waals surface area contributed by atoms with Gasteiger partial charge in [-0.1, -0.05) is 11.6 Å². The molecule has 0 atom stereocenters. The van der Waals surface area contributed by atoms with E-state index in [0.717, 1.165) is 11.1 Å². The van der Waals surface area contributed by atoms with E-state index in [4.69, 9.17) is 26.2 Å². The third kappa shape index (κ3) is 6.63. The highest BCUT2D eigenvalue weighted by atomic mass is 35.5. The normalized spacial score (nSPS) is 11.0. The average Bonchev–Trinajstić information content (AvgIpc) is 2.64. The molecule has 0 heterocycles. The van der Waals surface area contributed by atoms with Gasteiger partial charge in [-0.05, 0) is 67.4 Å². The topological polar surface area (TPSA) is 97.2 Å². The highest BCUT2D eigenvalue weighted by Crippen LogP contribution is 2.21. The van der Waals surface area contributed by atoms with E-state index in [0.29, 0.717) is 22.2 Å². The van der Waals surface area contributed by atoms with E-state index in [-0.39, 0.29) is 6.61 Å². The van der Waals surface area contributed by atoms with Crippen LogP contribution in [0.5, 0.6) is 11.5 Å². The number of ether oxygens (including phenoxy) is 2. The van der Waals surface area contributed by atoms with Crippen LogP contribution in [0.1, 0.15) is 18.1 Å². The molecule has 0 aromatic heterocycles. The number of nitrogens with zero attached hydrogens (tertiary/aromatic N) is 1. The molecule has 1 amide bonds. The van der Waals surface area contributed by atoms with Crippen LogP contribution in [0.15, 0.2) is 47.6 Å². The molecule has 0 unspecified atom stereocenters. The molecule has 0 spiro atoms. The molecule has 8 heteroatoms. The van der Waals surface area contributed by atoms with Gasteiger partial charge in [0.05, 0.1) is 5.71 Å². The van der Waals surface area contributed by atoms with Gasteiger partial charge in [-0.15, -0.1) is 0 Å². The van der Waals surface area contributed by atoms with Gasteiger partial charge in [-0.25, -0.2) is 10.2 Å². The molecule has 27 heavy (non-hydrogen) atoms. The molecule has 7 nitrogen and oxygen atoms in total. The molecular weight excluding hydrogens is 372 g/mol. The van der Waals surface area contributed by atoms with Crippen LogP contribution in [0.25, 0.3) is 0 Å². The fourth-order valence-electron chi connectivity index (χ4n) is 2.10. The first-order valence-corrected chi connectivity index (χ1v) is 8.40. The van der Waals surface area contributed by atoms with Crippen LogP contribution in [0.4, 0.5) is 0 Å². The van der Waals surface area contributed by atoms with Crippen molar-refractivity contribution >= 4 is 29.2 Å². The van der Waals surface area contributed by atoms with Crippen LogP contribution in [0.3, 0.4) is 0 Å². The molecule has 2 rings (SSSR count). The average molecular weight is 391 g/mol. The van der Waals surface area contributed by atoms with Crippen molar-refractivity contribution in [3.05, 3.63) is 58.6 Å². The van der Waals surface area contributed by atoms with Crippen molar-refractivity contribution in [2.24, 2.45) is 5.10 Å². The number of hydrazone groups is 1. The minimum Gasteiger partial charge on any atom is -0.483 e. The lowest BCUT2D eigenvalue weighted by Gasteiger charge is -2.09. The smallest absolute Gasteiger partial charge is 0.341 e. The zero-order valence-corrected chi connectivity index (χ0v) is 15.6. The zero-order valence-electron chi connectivity index (χ0n) is 14.9. The van der Waals surface area contributed by atoms with Crippen LogP contribution in [0.2, 0.25) is 5.02 Å². The largest absolute Gasteiger partial charge is 0.483 e. The lowest BCUT2D eigenvalue weighted by Crippen LogP contribution is -2.25. The summed E-state index contributed by atoms with van der Waals surface area (Å²) in [5.41, 5.74) is 4.60. The number of carboxylic acid groups (broad SMARTS) is 1. The second kappa shape index (κ2) is 9.59. The second-order valence-electron chi connectivity index (χ2n) is 5.64. The number of hydrogen-bond donors (Lipinski definition) is 2. The van der Waals surface area contributed by atoms with Crippen molar-refractivity contribution < 1.29 is 24.2 Å². The SMILES string of the molecule is C/C(=N/NC(=O)COc1ccc(Cl)cc1C)c1ccc(OCC(=O)O)cc1. The number of carbonyl (C=O) groups is 2. The van der Waals surface area contributed by atoms with Crippen molar-refractivity contribution in [1.82, 2.24) is 5.43 Å². The first-order chi connectivity index (χ1) is 12.8. The molecule has 0 saturated heterocycles. The van der Waals surface area contributed by atoms with E-state index in [1.807, 2.05) is 6.92 Å². The van der Waals surface area contributed by atoms with E-state index < -0.39 is 18.5 Å². The highest BCUT2D eigenvalue weighted by molar-refractivity contribution is 6.30. The summed E-state index contributed by atoms with van der Waals surface area (Å²) in [6.45, 7) is 2.99. The minimum absolute atomic E-state index is 0.179. The molecule has 0 aliphatic carbocycles. The number of aryl methyl sites for hydroxylation is 1. The number of hydrogen-bond acceptors (Lipinski definition) is 5. The first-order valence-electron chi connectivity index (χ1n) is 8.02. The summed E-state index contributed by atoms with van der Waals surface area (Å²) < 4.78 is 10.5. The molecule has 0 aliphatic rings. The molecule has 0 bridgehead atoms. The third-order valence-electron chi connectivity index (χ3n) is 3.48. The maximum atomic E-state index is 11.9. The van der Waals surface area contributed by atoms with Crippen LogP contribution in [-0.4, -0.2) is 35.9 Å². The molecule has 0 fully saturated rings. The molecule has 2 N–H and O–H groups in total. The van der Waals surface area contributed by atoms with Crippen LogP contribution >= 0.6 is 11.6 Å². The number of carbonyl (C=O) groups excluding carboxylic acids is 1. The summed E-state index contributed by atoms with van der Waals surface area (Å²) in [4.78, 5) is 22.4. The summed E-state index contributed by atoms with van der Waals surface area (Å²) in [7, 11) is 0. The molecule has 0 saturated carbocycles. The fourth-order valence-corrected chi connectivity index (χ4v) is 2.33. The van der Waals surface area contributed by atoms with Gasteiger partial charge in [0.2, 0.25) is 0 Å². The first kappa shape index (κ1) is 20.3. The van der Waals surface area contributed by atoms with Gasteiger partial charge in [0.15, 0.2) is 13.2 Å². The standard InChI is InChI=1S/C19H19ClN2O5/c1-12-9-15(20)5-8-17(12)27-10-18(23)22-21-13(2)14-3-6-16(7-4-14)26-11-19(24)25/h3-9H,10-11H2,1-2H3,(H,22,23)(H,24,25)/b21-13-. The van der Waals surface area contributed by atoms with E-state index in [1.165, 1.54) is 0 Å². The Labute approximate surface area is 161 Å².